The molecule has 9 heteroatoms. The van der Waals surface area contributed by atoms with Crippen molar-refractivity contribution in [1.82, 2.24) is 14.8 Å². The lowest BCUT2D eigenvalue weighted by Crippen LogP contribution is -2.17. The summed E-state index contributed by atoms with van der Waals surface area (Å²) in [5.41, 5.74) is 0.565. The van der Waals surface area contributed by atoms with Gasteiger partial charge in [-0.2, -0.15) is 5.10 Å². The third-order valence-corrected chi connectivity index (χ3v) is 2.88. The maximum atomic E-state index is 12.1. The molecule has 2 aromatic rings. The van der Waals surface area contributed by atoms with Gasteiger partial charge in [-0.3, -0.25) is 9.67 Å². The molecule has 0 atom stereocenters. The van der Waals surface area contributed by atoms with Gasteiger partial charge < -0.3 is 4.74 Å². The number of aromatic nitrogens is 3. The predicted molar refractivity (Wildman–Crippen MR) is 63.1 cm³/mol. The third kappa shape index (κ3) is 2.91. The Bertz CT molecular complexity index is 622. The monoisotopic (exact) mass is 339 g/mol. The van der Waals surface area contributed by atoms with Crippen molar-refractivity contribution >= 4 is 28.1 Å². The van der Waals surface area contributed by atoms with Crippen LogP contribution in [0.25, 0.3) is 5.69 Å². The van der Waals surface area contributed by atoms with E-state index in [0.29, 0.717) is 10.5 Å². The fourth-order valence-electron chi connectivity index (χ4n) is 1.28. The van der Waals surface area contributed by atoms with E-state index in [9.17, 15) is 13.2 Å². The first kappa shape index (κ1) is 13.1. The van der Waals surface area contributed by atoms with Crippen molar-refractivity contribution in [2.45, 2.75) is 6.36 Å². The van der Waals surface area contributed by atoms with Crippen molar-refractivity contribution in [1.29, 1.82) is 0 Å². The molecule has 0 unspecified atom stereocenters. The number of nitrogens with zero attached hydrogens (tertiary/aromatic N) is 2. The summed E-state index contributed by atoms with van der Waals surface area (Å²) in [4.78, 5) is 0. The molecule has 1 N–H and O–H groups in total. The normalized spacial score (nSPS) is 11.6. The summed E-state index contributed by atoms with van der Waals surface area (Å²) in [7, 11) is 0. The highest BCUT2D eigenvalue weighted by atomic mass is 79.9. The van der Waals surface area contributed by atoms with Crippen LogP contribution in [0.15, 0.2) is 29.0 Å². The molecule has 0 aliphatic rings. The van der Waals surface area contributed by atoms with E-state index in [1.807, 2.05) is 0 Å². The van der Waals surface area contributed by atoms with Crippen LogP contribution in [-0.2, 0) is 0 Å². The first-order valence-electron chi connectivity index (χ1n) is 4.54. The van der Waals surface area contributed by atoms with E-state index >= 15 is 0 Å². The van der Waals surface area contributed by atoms with E-state index in [0.717, 1.165) is 0 Å². The van der Waals surface area contributed by atoms with Gasteiger partial charge >= 0.3 is 6.36 Å². The lowest BCUT2D eigenvalue weighted by Gasteiger charge is -2.11. The molecule has 1 heterocycles. The van der Waals surface area contributed by atoms with Gasteiger partial charge in [0.15, 0.2) is 4.77 Å². The lowest BCUT2D eigenvalue weighted by molar-refractivity contribution is -0.274. The first-order valence-corrected chi connectivity index (χ1v) is 5.74. The Morgan fingerprint density at radius 2 is 2.11 bits per heavy atom. The van der Waals surface area contributed by atoms with Crippen LogP contribution in [0.5, 0.6) is 5.75 Å². The molecule has 0 aliphatic heterocycles. The van der Waals surface area contributed by atoms with Crippen LogP contribution in [0.3, 0.4) is 0 Å². The van der Waals surface area contributed by atoms with Crippen molar-refractivity contribution in [3.63, 3.8) is 0 Å². The molecular weight excluding hydrogens is 335 g/mol. The van der Waals surface area contributed by atoms with Crippen molar-refractivity contribution in [2.75, 3.05) is 0 Å². The molecule has 96 valence electrons. The second kappa shape index (κ2) is 4.73. The largest absolute Gasteiger partial charge is 0.573 e. The molecule has 0 fully saturated rings. The summed E-state index contributed by atoms with van der Waals surface area (Å²) >= 11 is 7.96. The summed E-state index contributed by atoms with van der Waals surface area (Å²) in [6, 6.07) is 4.09. The van der Waals surface area contributed by atoms with Gasteiger partial charge in [-0.25, -0.2) is 0 Å². The zero-order chi connectivity index (χ0) is 13.3. The molecule has 0 aliphatic carbocycles. The van der Waals surface area contributed by atoms with Crippen molar-refractivity contribution in [3.05, 3.63) is 33.8 Å². The minimum atomic E-state index is -4.73. The van der Waals surface area contributed by atoms with Crippen LogP contribution >= 0.6 is 28.1 Å². The van der Waals surface area contributed by atoms with Crippen LogP contribution in [0.2, 0.25) is 0 Å². The number of halogens is 4. The van der Waals surface area contributed by atoms with Crippen LogP contribution < -0.4 is 4.74 Å². The smallest absolute Gasteiger partial charge is 0.405 e. The first-order chi connectivity index (χ1) is 8.37. The van der Waals surface area contributed by atoms with Gasteiger partial charge in [0.05, 0.1) is 10.2 Å². The summed E-state index contributed by atoms with van der Waals surface area (Å²) in [5, 5.41) is 6.26. The fraction of sp³-hybridized carbons (Fsp3) is 0.111. The molecule has 2 rings (SSSR count). The number of nitrogens with one attached hydrogen (secondary N) is 1. The summed E-state index contributed by atoms with van der Waals surface area (Å²) in [6.45, 7) is 0. The Balaban J connectivity index is 2.37. The number of hydrogen-bond acceptors (Lipinski definition) is 3. The minimum Gasteiger partial charge on any atom is -0.405 e. The molecule has 1 aromatic heterocycles. The molecule has 18 heavy (non-hydrogen) atoms. The average Bonchev–Trinajstić information content (AvgIpc) is 2.66. The molecule has 0 spiro atoms. The van der Waals surface area contributed by atoms with E-state index in [2.05, 4.69) is 30.9 Å². The quantitative estimate of drug-likeness (QED) is 0.850. The summed E-state index contributed by atoms with van der Waals surface area (Å²) < 4.78 is 42.1. The average molecular weight is 340 g/mol. The topological polar surface area (TPSA) is 42.8 Å². The number of ether oxygens (including phenoxy) is 1. The van der Waals surface area contributed by atoms with Crippen molar-refractivity contribution in [2.24, 2.45) is 0 Å². The van der Waals surface area contributed by atoms with Gasteiger partial charge in [-0.1, -0.05) is 0 Å². The zero-order valence-electron chi connectivity index (χ0n) is 8.53. The lowest BCUT2D eigenvalue weighted by atomic mass is 10.3. The van der Waals surface area contributed by atoms with E-state index in [4.69, 9.17) is 12.2 Å². The van der Waals surface area contributed by atoms with Gasteiger partial charge in [-0.05, 0) is 46.3 Å². The number of benzene rings is 1. The van der Waals surface area contributed by atoms with Crippen LogP contribution in [-0.4, -0.2) is 21.1 Å². The molecule has 0 saturated heterocycles. The molecule has 0 amide bonds. The number of hydrogen-bond donors (Lipinski definition) is 1. The Hall–Kier alpha value is -1.35. The maximum absolute atomic E-state index is 12.1. The van der Waals surface area contributed by atoms with Gasteiger partial charge in [-0.15, -0.1) is 13.2 Å². The molecule has 0 saturated carbocycles. The second-order valence-electron chi connectivity index (χ2n) is 3.19. The summed E-state index contributed by atoms with van der Waals surface area (Å²) in [6.07, 6.45) is -3.30. The highest BCUT2D eigenvalue weighted by molar-refractivity contribution is 9.10. The molecule has 4 nitrogen and oxygen atoms in total. The SMILES string of the molecule is FC(F)(F)Oc1ccc(-n2cn[nH]c2=S)cc1Br. The van der Waals surface area contributed by atoms with Gasteiger partial charge in [0.1, 0.15) is 12.1 Å². The molecule has 1 aromatic carbocycles. The highest BCUT2D eigenvalue weighted by Crippen LogP contribution is 2.31. The van der Waals surface area contributed by atoms with Crippen LogP contribution in [0.1, 0.15) is 0 Å². The Morgan fingerprint density at radius 1 is 1.39 bits per heavy atom. The van der Waals surface area contributed by atoms with E-state index in [1.165, 1.54) is 29.1 Å². The predicted octanol–water partition coefficient (Wildman–Crippen LogP) is 3.59. The summed E-state index contributed by atoms with van der Waals surface area (Å²) in [5.74, 6) is -0.318. The van der Waals surface area contributed by atoms with Crippen LogP contribution in [0, 0.1) is 4.77 Å². The van der Waals surface area contributed by atoms with E-state index in [-0.39, 0.29) is 10.2 Å². The molecular formula is C9H5BrF3N3OS. The maximum Gasteiger partial charge on any atom is 0.573 e. The van der Waals surface area contributed by atoms with Crippen LogP contribution in [0.4, 0.5) is 13.2 Å². The Kier molecular flexibility index (Phi) is 3.44. The standard InChI is InChI=1S/C9H5BrF3N3OS/c10-6-3-5(16-4-14-15-8(16)18)1-2-7(6)17-9(11,12)13/h1-4H,(H,15,18). The van der Waals surface area contributed by atoms with Gasteiger partial charge in [0.25, 0.3) is 0 Å². The third-order valence-electron chi connectivity index (χ3n) is 1.97. The number of H-pyrrole nitrogens is 1. The number of alkyl halides is 3. The minimum absolute atomic E-state index is 0.167. The second-order valence-corrected chi connectivity index (χ2v) is 4.44. The van der Waals surface area contributed by atoms with Gasteiger partial charge in [0, 0.05) is 0 Å². The molecule has 0 bridgehead atoms. The number of aromatic amines is 1. The molecule has 0 radical (unpaired) electrons. The highest BCUT2D eigenvalue weighted by Gasteiger charge is 2.31. The van der Waals surface area contributed by atoms with Crippen molar-refractivity contribution < 1.29 is 17.9 Å². The fourth-order valence-corrected chi connectivity index (χ4v) is 1.93. The Labute approximate surface area is 113 Å². The van der Waals surface area contributed by atoms with Crippen molar-refractivity contribution in [3.8, 4) is 11.4 Å². The van der Waals surface area contributed by atoms with E-state index in [1.54, 1.807) is 0 Å². The number of rotatable bonds is 2. The van der Waals surface area contributed by atoms with E-state index < -0.39 is 6.36 Å². The van der Waals surface area contributed by atoms with Gasteiger partial charge in [0.2, 0.25) is 0 Å². The Morgan fingerprint density at radius 3 is 2.61 bits per heavy atom. The zero-order valence-corrected chi connectivity index (χ0v) is 10.9.